The molecular formula is C14H16BrN3O. The van der Waals surface area contributed by atoms with Crippen molar-refractivity contribution in [3.63, 3.8) is 0 Å². The van der Waals surface area contributed by atoms with Crippen molar-refractivity contribution in [2.45, 2.75) is 6.92 Å². The van der Waals surface area contributed by atoms with Crippen LogP contribution in [0.5, 0.6) is 0 Å². The minimum atomic E-state index is 0.0622. The van der Waals surface area contributed by atoms with E-state index >= 15 is 0 Å². The predicted molar refractivity (Wildman–Crippen MR) is 76.8 cm³/mol. The van der Waals surface area contributed by atoms with E-state index in [-0.39, 0.29) is 5.91 Å². The van der Waals surface area contributed by atoms with E-state index in [1.807, 2.05) is 30.0 Å². The normalized spacial score (nSPS) is 16.2. The predicted octanol–water partition coefficient (Wildman–Crippen LogP) is 2.04. The highest BCUT2D eigenvalue weighted by atomic mass is 79.9. The minimum Gasteiger partial charge on any atom is -0.336 e. The number of amides is 1. The van der Waals surface area contributed by atoms with E-state index in [0.29, 0.717) is 25.2 Å². The molecule has 1 fully saturated rings. The van der Waals surface area contributed by atoms with Crippen LogP contribution in [0.2, 0.25) is 0 Å². The third-order valence-electron chi connectivity index (χ3n) is 3.38. The maximum absolute atomic E-state index is 12.4. The molecule has 0 radical (unpaired) electrons. The third kappa shape index (κ3) is 3.14. The summed E-state index contributed by atoms with van der Waals surface area (Å²) in [6.45, 7) is 5.31. The lowest BCUT2D eigenvalue weighted by atomic mass is 10.1. The molecule has 0 aliphatic carbocycles. The van der Waals surface area contributed by atoms with Crippen molar-refractivity contribution >= 4 is 21.8 Å². The number of hydrogen-bond donors (Lipinski definition) is 0. The van der Waals surface area contributed by atoms with Crippen LogP contribution in [0, 0.1) is 18.3 Å². The maximum Gasteiger partial charge on any atom is 0.255 e. The molecule has 5 heteroatoms. The van der Waals surface area contributed by atoms with Crippen molar-refractivity contribution in [2.75, 3.05) is 32.7 Å². The summed E-state index contributed by atoms with van der Waals surface area (Å²) in [5.41, 5.74) is 1.78. The summed E-state index contributed by atoms with van der Waals surface area (Å²) in [5, 5.41) is 8.66. The van der Waals surface area contributed by atoms with Gasteiger partial charge in [-0.3, -0.25) is 9.69 Å². The van der Waals surface area contributed by atoms with E-state index < -0.39 is 0 Å². The molecule has 0 N–H and O–H groups in total. The van der Waals surface area contributed by atoms with Crippen molar-refractivity contribution in [2.24, 2.45) is 0 Å². The zero-order valence-electron chi connectivity index (χ0n) is 10.9. The van der Waals surface area contributed by atoms with E-state index in [2.05, 4.69) is 26.9 Å². The summed E-state index contributed by atoms with van der Waals surface area (Å²) in [4.78, 5) is 16.4. The Labute approximate surface area is 121 Å². The number of benzene rings is 1. The Kier molecular flexibility index (Phi) is 4.56. The van der Waals surface area contributed by atoms with Gasteiger partial charge >= 0.3 is 0 Å². The van der Waals surface area contributed by atoms with Gasteiger partial charge in [-0.2, -0.15) is 5.26 Å². The van der Waals surface area contributed by atoms with Crippen LogP contribution < -0.4 is 0 Å². The number of nitrogens with zero attached hydrogens (tertiary/aromatic N) is 3. The molecule has 1 aromatic rings. The quantitative estimate of drug-likeness (QED) is 0.783. The minimum absolute atomic E-state index is 0.0622. The first kappa shape index (κ1) is 14.0. The highest BCUT2D eigenvalue weighted by Gasteiger charge is 2.23. The molecule has 0 aromatic heterocycles. The zero-order valence-corrected chi connectivity index (χ0v) is 12.5. The van der Waals surface area contributed by atoms with E-state index in [1.54, 1.807) is 0 Å². The van der Waals surface area contributed by atoms with Crippen LogP contribution in [-0.2, 0) is 0 Å². The third-order valence-corrected chi connectivity index (χ3v) is 4.43. The maximum atomic E-state index is 12.4. The van der Waals surface area contributed by atoms with Gasteiger partial charge in [0, 0.05) is 30.7 Å². The van der Waals surface area contributed by atoms with Crippen LogP contribution in [-0.4, -0.2) is 48.4 Å². The molecule has 100 valence electrons. The molecule has 1 aromatic carbocycles. The molecule has 1 saturated heterocycles. The number of halogens is 1. The number of piperazine rings is 1. The molecule has 0 atom stereocenters. The fourth-order valence-electron chi connectivity index (χ4n) is 2.19. The molecule has 0 bridgehead atoms. The van der Waals surface area contributed by atoms with Crippen molar-refractivity contribution in [1.82, 2.24) is 9.80 Å². The zero-order chi connectivity index (χ0) is 13.8. The van der Waals surface area contributed by atoms with Crippen LogP contribution in [0.3, 0.4) is 0 Å². The molecule has 4 nitrogen and oxygen atoms in total. The number of carbonyl (C=O) groups is 1. The van der Waals surface area contributed by atoms with Crippen molar-refractivity contribution in [3.8, 4) is 6.07 Å². The highest BCUT2D eigenvalue weighted by molar-refractivity contribution is 9.10. The lowest BCUT2D eigenvalue weighted by Crippen LogP contribution is -2.48. The molecule has 1 aliphatic heterocycles. The molecular weight excluding hydrogens is 306 g/mol. The van der Waals surface area contributed by atoms with E-state index in [4.69, 9.17) is 5.26 Å². The number of aryl methyl sites for hydroxylation is 1. The van der Waals surface area contributed by atoms with Crippen LogP contribution >= 0.6 is 15.9 Å². The molecule has 2 rings (SSSR count). The lowest BCUT2D eigenvalue weighted by Gasteiger charge is -2.33. The van der Waals surface area contributed by atoms with E-state index in [1.165, 1.54) is 0 Å². The summed E-state index contributed by atoms with van der Waals surface area (Å²) in [6.07, 6.45) is 0. The Morgan fingerprint density at radius 3 is 2.68 bits per heavy atom. The molecule has 1 amide bonds. The molecule has 1 aliphatic rings. The fraction of sp³-hybridized carbons (Fsp3) is 0.429. The molecule has 0 saturated carbocycles. The number of hydrogen-bond acceptors (Lipinski definition) is 3. The van der Waals surface area contributed by atoms with Crippen LogP contribution in [0.1, 0.15) is 15.9 Å². The Morgan fingerprint density at radius 2 is 2.05 bits per heavy atom. The second-order valence-electron chi connectivity index (χ2n) is 4.66. The summed E-state index contributed by atoms with van der Waals surface area (Å²) in [6, 6.07) is 7.87. The Bertz CT molecular complexity index is 516. The van der Waals surface area contributed by atoms with Gasteiger partial charge in [-0.15, -0.1) is 0 Å². The van der Waals surface area contributed by atoms with Crippen molar-refractivity contribution in [3.05, 3.63) is 33.8 Å². The Hall–Kier alpha value is -1.38. The summed E-state index contributed by atoms with van der Waals surface area (Å²) < 4.78 is 0.874. The first-order valence-electron chi connectivity index (χ1n) is 6.27. The monoisotopic (exact) mass is 321 g/mol. The molecule has 19 heavy (non-hydrogen) atoms. The second kappa shape index (κ2) is 6.18. The first-order chi connectivity index (χ1) is 9.13. The molecule has 0 unspecified atom stereocenters. The van der Waals surface area contributed by atoms with Gasteiger partial charge in [-0.25, -0.2) is 0 Å². The van der Waals surface area contributed by atoms with Gasteiger partial charge in [0.05, 0.1) is 18.2 Å². The average molecular weight is 322 g/mol. The van der Waals surface area contributed by atoms with Gasteiger partial charge in [-0.1, -0.05) is 12.1 Å². The smallest absolute Gasteiger partial charge is 0.255 e. The van der Waals surface area contributed by atoms with Gasteiger partial charge in [0.1, 0.15) is 0 Å². The number of nitriles is 1. The summed E-state index contributed by atoms with van der Waals surface area (Å²) >= 11 is 3.48. The first-order valence-corrected chi connectivity index (χ1v) is 7.06. The van der Waals surface area contributed by atoms with Crippen molar-refractivity contribution < 1.29 is 4.79 Å². The van der Waals surface area contributed by atoms with Gasteiger partial charge in [0.2, 0.25) is 0 Å². The van der Waals surface area contributed by atoms with Crippen molar-refractivity contribution in [1.29, 1.82) is 5.26 Å². The topological polar surface area (TPSA) is 47.3 Å². The SMILES string of the molecule is Cc1cccc(C(=O)N2CCN(CC#N)CC2)c1Br. The van der Waals surface area contributed by atoms with Crippen LogP contribution in [0.15, 0.2) is 22.7 Å². The summed E-state index contributed by atoms with van der Waals surface area (Å²) in [5.74, 6) is 0.0622. The largest absolute Gasteiger partial charge is 0.336 e. The van der Waals surface area contributed by atoms with Crippen LogP contribution in [0.25, 0.3) is 0 Å². The van der Waals surface area contributed by atoms with Gasteiger partial charge in [0.25, 0.3) is 5.91 Å². The van der Waals surface area contributed by atoms with Gasteiger partial charge in [-0.05, 0) is 34.5 Å². The summed E-state index contributed by atoms with van der Waals surface area (Å²) in [7, 11) is 0. The molecule has 1 heterocycles. The highest BCUT2D eigenvalue weighted by Crippen LogP contribution is 2.22. The number of carbonyl (C=O) groups excluding carboxylic acids is 1. The standard InChI is InChI=1S/C14H16BrN3O/c1-11-3-2-4-12(13(11)15)14(19)18-9-7-17(6-5-16)8-10-18/h2-4H,6-10H2,1H3. The van der Waals surface area contributed by atoms with E-state index in [9.17, 15) is 4.79 Å². The van der Waals surface area contributed by atoms with E-state index in [0.717, 1.165) is 23.1 Å². The fourth-order valence-corrected chi connectivity index (χ4v) is 2.63. The lowest BCUT2D eigenvalue weighted by molar-refractivity contribution is 0.0651. The van der Waals surface area contributed by atoms with Gasteiger partial charge < -0.3 is 4.90 Å². The van der Waals surface area contributed by atoms with Crippen LogP contribution in [0.4, 0.5) is 0 Å². The average Bonchev–Trinajstić information content (AvgIpc) is 2.42. The second-order valence-corrected chi connectivity index (χ2v) is 5.46. The Balaban J connectivity index is 2.06. The molecule has 0 spiro atoms. The number of rotatable bonds is 2. The Morgan fingerprint density at radius 1 is 1.37 bits per heavy atom. The van der Waals surface area contributed by atoms with Gasteiger partial charge in [0.15, 0.2) is 0 Å².